The lowest BCUT2D eigenvalue weighted by Crippen LogP contribution is -2.26. The van der Waals surface area contributed by atoms with Gasteiger partial charge in [0.25, 0.3) is 0 Å². The van der Waals surface area contributed by atoms with E-state index in [4.69, 9.17) is 16.9 Å². The SMILES string of the molecule is CCC(=O)NC(C#N)c1ccccc1Cl. The molecule has 15 heavy (non-hydrogen) atoms. The summed E-state index contributed by atoms with van der Waals surface area (Å²) in [5.41, 5.74) is 0.628. The Kier molecular flexibility index (Phi) is 4.14. The average molecular weight is 223 g/mol. The van der Waals surface area contributed by atoms with Crippen molar-refractivity contribution >= 4 is 17.5 Å². The molecule has 0 bridgehead atoms. The van der Waals surface area contributed by atoms with Gasteiger partial charge in [0.2, 0.25) is 5.91 Å². The van der Waals surface area contributed by atoms with Crippen LogP contribution in [0.3, 0.4) is 0 Å². The molecule has 0 saturated heterocycles. The fourth-order valence-corrected chi connectivity index (χ4v) is 1.40. The molecule has 0 aliphatic carbocycles. The molecule has 0 aliphatic heterocycles. The van der Waals surface area contributed by atoms with Crippen molar-refractivity contribution in [1.82, 2.24) is 5.32 Å². The lowest BCUT2D eigenvalue weighted by molar-refractivity contribution is -0.121. The first kappa shape index (κ1) is 11.5. The predicted molar refractivity (Wildman–Crippen MR) is 58.2 cm³/mol. The molecule has 1 aromatic carbocycles. The van der Waals surface area contributed by atoms with Crippen LogP contribution in [-0.4, -0.2) is 5.91 Å². The highest BCUT2D eigenvalue weighted by molar-refractivity contribution is 6.31. The molecule has 1 N–H and O–H groups in total. The van der Waals surface area contributed by atoms with Gasteiger partial charge in [0, 0.05) is 17.0 Å². The maximum atomic E-state index is 11.2. The summed E-state index contributed by atoms with van der Waals surface area (Å²) in [6, 6.07) is 8.32. The first-order chi connectivity index (χ1) is 7.19. The number of nitrogens with one attached hydrogen (secondary N) is 1. The summed E-state index contributed by atoms with van der Waals surface area (Å²) < 4.78 is 0. The number of carbonyl (C=O) groups excluding carboxylic acids is 1. The molecule has 4 heteroatoms. The molecular weight excluding hydrogens is 212 g/mol. The number of rotatable bonds is 3. The van der Waals surface area contributed by atoms with E-state index in [1.807, 2.05) is 6.07 Å². The Hall–Kier alpha value is -1.53. The van der Waals surface area contributed by atoms with Crippen LogP contribution in [0.25, 0.3) is 0 Å². The lowest BCUT2D eigenvalue weighted by Gasteiger charge is -2.12. The van der Waals surface area contributed by atoms with Crippen LogP contribution in [0.1, 0.15) is 24.9 Å². The van der Waals surface area contributed by atoms with Gasteiger partial charge in [-0.05, 0) is 6.07 Å². The van der Waals surface area contributed by atoms with E-state index in [1.165, 1.54) is 0 Å². The normalized spacial score (nSPS) is 11.5. The number of benzene rings is 1. The summed E-state index contributed by atoms with van der Waals surface area (Å²) in [5.74, 6) is -0.165. The van der Waals surface area contributed by atoms with Crippen molar-refractivity contribution in [2.75, 3.05) is 0 Å². The molecule has 0 fully saturated rings. The van der Waals surface area contributed by atoms with E-state index in [1.54, 1.807) is 31.2 Å². The van der Waals surface area contributed by atoms with Gasteiger partial charge in [0.1, 0.15) is 6.04 Å². The minimum Gasteiger partial charge on any atom is -0.337 e. The molecule has 1 amide bonds. The van der Waals surface area contributed by atoms with Gasteiger partial charge in [-0.3, -0.25) is 4.79 Å². The minimum absolute atomic E-state index is 0.165. The van der Waals surface area contributed by atoms with Crippen LogP contribution in [0.4, 0.5) is 0 Å². The third-order valence-corrected chi connectivity index (χ3v) is 2.32. The van der Waals surface area contributed by atoms with Gasteiger partial charge in [-0.1, -0.05) is 36.7 Å². The second-order valence-corrected chi connectivity index (χ2v) is 3.41. The predicted octanol–water partition coefficient (Wildman–Crippen LogP) is 2.43. The van der Waals surface area contributed by atoms with Crippen LogP contribution in [0.15, 0.2) is 24.3 Å². The monoisotopic (exact) mass is 222 g/mol. The van der Waals surface area contributed by atoms with Crippen LogP contribution in [0, 0.1) is 11.3 Å². The third-order valence-electron chi connectivity index (χ3n) is 1.97. The van der Waals surface area contributed by atoms with E-state index in [-0.39, 0.29) is 5.91 Å². The molecule has 0 saturated carbocycles. The van der Waals surface area contributed by atoms with Gasteiger partial charge >= 0.3 is 0 Å². The minimum atomic E-state index is -0.675. The van der Waals surface area contributed by atoms with E-state index >= 15 is 0 Å². The van der Waals surface area contributed by atoms with Crippen molar-refractivity contribution in [3.63, 3.8) is 0 Å². The highest BCUT2D eigenvalue weighted by Crippen LogP contribution is 2.21. The van der Waals surface area contributed by atoms with Crippen molar-refractivity contribution < 1.29 is 4.79 Å². The molecule has 0 aliphatic rings. The summed E-state index contributed by atoms with van der Waals surface area (Å²) in [6.45, 7) is 1.73. The van der Waals surface area contributed by atoms with Crippen molar-refractivity contribution in [2.24, 2.45) is 0 Å². The number of halogens is 1. The molecule has 0 aromatic heterocycles. The van der Waals surface area contributed by atoms with Crippen molar-refractivity contribution in [2.45, 2.75) is 19.4 Å². The van der Waals surface area contributed by atoms with Crippen LogP contribution in [-0.2, 0) is 4.79 Å². The zero-order chi connectivity index (χ0) is 11.3. The number of hydrogen-bond acceptors (Lipinski definition) is 2. The summed E-state index contributed by atoms with van der Waals surface area (Å²) in [4.78, 5) is 11.2. The Morgan fingerprint density at radius 1 is 1.60 bits per heavy atom. The van der Waals surface area contributed by atoms with E-state index < -0.39 is 6.04 Å². The summed E-state index contributed by atoms with van der Waals surface area (Å²) in [7, 11) is 0. The Morgan fingerprint density at radius 3 is 2.80 bits per heavy atom. The van der Waals surface area contributed by atoms with Gasteiger partial charge in [-0.2, -0.15) is 5.26 Å². The lowest BCUT2D eigenvalue weighted by atomic mass is 10.1. The van der Waals surface area contributed by atoms with Gasteiger partial charge in [0.05, 0.1) is 6.07 Å². The van der Waals surface area contributed by atoms with Crippen LogP contribution >= 0.6 is 11.6 Å². The zero-order valence-electron chi connectivity index (χ0n) is 8.33. The van der Waals surface area contributed by atoms with E-state index in [0.717, 1.165) is 0 Å². The first-order valence-corrected chi connectivity index (χ1v) is 5.00. The van der Waals surface area contributed by atoms with Crippen LogP contribution in [0.5, 0.6) is 0 Å². The first-order valence-electron chi connectivity index (χ1n) is 4.62. The fraction of sp³-hybridized carbons (Fsp3) is 0.273. The molecule has 1 unspecified atom stereocenters. The van der Waals surface area contributed by atoms with Crippen LogP contribution in [0.2, 0.25) is 5.02 Å². The number of carbonyl (C=O) groups is 1. The quantitative estimate of drug-likeness (QED) is 0.854. The number of nitrogens with zero attached hydrogens (tertiary/aromatic N) is 1. The maximum Gasteiger partial charge on any atom is 0.221 e. The highest BCUT2D eigenvalue weighted by Gasteiger charge is 2.14. The summed E-state index contributed by atoms with van der Waals surface area (Å²) in [5, 5.41) is 12.0. The average Bonchev–Trinajstić information content (AvgIpc) is 2.26. The number of amides is 1. The standard InChI is InChI=1S/C11H11ClN2O/c1-2-11(15)14-10(7-13)8-5-3-4-6-9(8)12/h3-6,10H,2H2,1H3,(H,14,15). The molecular formula is C11H11ClN2O. The topological polar surface area (TPSA) is 52.9 Å². The van der Waals surface area contributed by atoms with E-state index in [2.05, 4.69) is 5.32 Å². The largest absolute Gasteiger partial charge is 0.337 e. The second-order valence-electron chi connectivity index (χ2n) is 3.00. The van der Waals surface area contributed by atoms with Gasteiger partial charge < -0.3 is 5.32 Å². The Bertz CT molecular complexity index is 398. The molecule has 1 rings (SSSR count). The Morgan fingerprint density at radius 2 is 2.27 bits per heavy atom. The van der Waals surface area contributed by atoms with E-state index in [0.29, 0.717) is 17.0 Å². The van der Waals surface area contributed by atoms with Crippen molar-refractivity contribution in [3.05, 3.63) is 34.9 Å². The third kappa shape index (κ3) is 2.97. The zero-order valence-corrected chi connectivity index (χ0v) is 9.08. The molecule has 0 spiro atoms. The summed E-state index contributed by atoms with van der Waals surface area (Å²) >= 11 is 5.92. The van der Waals surface area contributed by atoms with Gasteiger partial charge in [-0.15, -0.1) is 0 Å². The highest BCUT2D eigenvalue weighted by atomic mass is 35.5. The second kappa shape index (κ2) is 5.38. The van der Waals surface area contributed by atoms with Crippen molar-refractivity contribution in [1.29, 1.82) is 5.26 Å². The van der Waals surface area contributed by atoms with Crippen LogP contribution < -0.4 is 5.32 Å². The van der Waals surface area contributed by atoms with Gasteiger partial charge in [0.15, 0.2) is 0 Å². The molecule has 78 valence electrons. The molecule has 0 heterocycles. The molecule has 1 atom stereocenters. The summed E-state index contributed by atoms with van der Waals surface area (Å²) in [6.07, 6.45) is 0.350. The molecule has 0 radical (unpaired) electrons. The maximum absolute atomic E-state index is 11.2. The van der Waals surface area contributed by atoms with E-state index in [9.17, 15) is 4.79 Å². The van der Waals surface area contributed by atoms with Gasteiger partial charge in [-0.25, -0.2) is 0 Å². The Balaban J connectivity index is 2.89. The fourth-order valence-electron chi connectivity index (χ4n) is 1.15. The molecule has 3 nitrogen and oxygen atoms in total. The van der Waals surface area contributed by atoms with Crippen molar-refractivity contribution in [3.8, 4) is 6.07 Å². The Labute approximate surface area is 93.7 Å². The molecule has 1 aromatic rings. The number of nitriles is 1. The number of hydrogen-bond donors (Lipinski definition) is 1. The smallest absolute Gasteiger partial charge is 0.221 e.